The lowest BCUT2D eigenvalue weighted by molar-refractivity contribution is -0.140. The monoisotopic (exact) mass is 701 g/mol. The van der Waals surface area contributed by atoms with Crippen molar-refractivity contribution in [2.45, 2.75) is 58.1 Å². The van der Waals surface area contributed by atoms with Gasteiger partial charge in [-0.2, -0.15) is 0 Å². The van der Waals surface area contributed by atoms with Crippen molar-refractivity contribution >= 4 is 53.6 Å². The molecule has 0 aromatic heterocycles. The van der Waals surface area contributed by atoms with Gasteiger partial charge in [0.2, 0.25) is 11.8 Å². The molecule has 240 valence electrons. The second-order valence-corrected chi connectivity index (χ2v) is 18.9. The van der Waals surface area contributed by atoms with Gasteiger partial charge in [0.25, 0.3) is 8.32 Å². The van der Waals surface area contributed by atoms with E-state index in [1.165, 1.54) is 4.90 Å². The number of fused-ring (bicyclic) bond motifs is 3. The van der Waals surface area contributed by atoms with E-state index in [0.29, 0.717) is 36.8 Å². The number of aromatic hydroxyl groups is 1. The highest BCUT2D eigenvalue weighted by molar-refractivity contribution is 9.10. The highest BCUT2D eigenvalue weighted by Crippen LogP contribution is 2.52. The molecule has 0 radical (unpaired) electrons. The van der Waals surface area contributed by atoms with Crippen LogP contribution in [0.3, 0.4) is 0 Å². The van der Waals surface area contributed by atoms with Crippen molar-refractivity contribution in [3.05, 3.63) is 99.9 Å². The smallest absolute Gasteiger partial charge is 0.487 e. The molecule has 0 spiro atoms. The Hall–Kier alpha value is -3.02. The van der Waals surface area contributed by atoms with Crippen LogP contribution < -0.4 is 10.4 Å². The summed E-state index contributed by atoms with van der Waals surface area (Å²) in [4.78, 5) is 29.1. The molecule has 2 fully saturated rings. The zero-order valence-corrected chi connectivity index (χ0v) is 29.4. The van der Waals surface area contributed by atoms with E-state index in [1.54, 1.807) is 18.2 Å². The minimum atomic E-state index is -2.94. The van der Waals surface area contributed by atoms with Crippen molar-refractivity contribution in [1.29, 1.82) is 0 Å². The molecule has 46 heavy (non-hydrogen) atoms. The van der Waals surface area contributed by atoms with Crippen molar-refractivity contribution in [3.8, 4) is 5.75 Å². The molecule has 3 aromatic carbocycles. The Morgan fingerprint density at radius 2 is 1.61 bits per heavy atom. The number of rotatable bonds is 8. The van der Waals surface area contributed by atoms with Crippen LogP contribution >= 0.6 is 15.9 Å². The lowest BCUT2D eigenvalue weighted by Gasteiger charge is -2.45. The van der Waals surface area contributed by atoms with Crippen molar-refractivity contribution in [2.24, 2.45) is 17.8 Å². The molecule has 2 amide bonds. The molecule has 0 saturated carbocycles. The largest absolute Gasteiger partial charge is 0.508 e. The van der Waals surface area contributed by atoms with Crippen LogP contribution in [0.1, 0.15) is 58.6 Å². The lowest BCUT2D eigenvalue weighted by Crippen LogP contribution is -2.66. The van der Waals surface area contributed by atoms with Crippen LogP contribution in [0.2, 0.25) is 5.04 Å². The van der Waals surface area contributed by atoms with Gasteiger partial charge in [0.15, 0.2) is 0 Å². The number of amides is 2. The predicted molar refractivity (Wildman–Crippen MR) is 185 cm³/mol. The molecule has 0 bridgehead atoms. The average molecular weight is 703 g/mol. The summed E-state index contributed by atoms with van der Waals surface area (Å²) in [5.41, 5.74) is 1.99. The first kappa shape index (κ1) is 32.9. The molecular weight excluding hydrogens is 661 g/mol. The van der Waals surface area contributed by atoms with Crippen molar-refractivity contribution < 1.29 is 28.8 Å². The van der Waals surface area contributed by atoms with Gasteiger partial charge in [-0.25, -0.2) is 0 Å². The van der Waals surface area contributed by atoms with Crippen molar-refractivity contribution in [1.82, 2.24) is 4.90 Å². The number of allylic oxidation sites excluding steroid dienone is 1. The zero-order chi connectivity index (χ0) is 32.8. The Kier molecular flexibility index (Phi) is 9.21. The summed E-state index contributed by atoms with van der Waals surface area (Å²) < 4.78 is 14.3. The maximum Gasteiger partial charge on any atom is 0.487 e. The summed E-state index contributed by atoms with van der Waals surface area (Å²) in [6, 6.07) is 25.8. The maximum absolute atomic E-state index is 13.9. The molecule has 3 aromatic rings. The van der Waals surface area contributed by atoms with E-state index in [0.717, 1.165) is 20.4 Å². The van der Waals surface area contributed by atoms with E-state index in [2.05, 4.69) is 61.0 Å². The number of phenolic OH excluding ortho intramolecular Hbond substituents is 1. The van der Waals surface area contributed by atoms with Crippen LogP contribution in [0, 0.1) is 17.8 Å². The molecule has 1 aliphatic carbocycles. The van der Waals surface area contributed by atoms with Gasteiger partial charge in [0.1, 0.15) is 5.75 Å². The molecule has 2 N–H and O–H groups in total. The van der Waals surface area contributed by atoms with Crippen molar-refractivity contribution in [3.63, 3.8) is 0 Å². The molecule has 6 rings (SSSR count). The molecule has 4 atom stereocenters. The molecule has 0 unspecified atom stereocenters. The SMILES string of the molecule is CCCN1C(=O)[C@H]2[C@H](CC(CO[Si](c3ccccc3)(c3ccccc3)C(C)(C)C)=C3B(O)O[C@H](c4cc(Br)ccc4O)C[C@H]32)C1=O. The number of carbonyl (C=O) groups is 2. The number of hydrogen-bond acceptors (Lipinski definition) is 6. The van der Waals surface area contributed by atoms with Crippen LogP contribution in [-0.2, 0) is 18.7 Å². The lowest BCUT2D eigenvalue weighted by atomic mass is 9.55. The van der Waals surface area contributed by atoms with Gasteiger partial charge in [-0.3, -0.25) is 14.5 Å². The van der Waals surface area contributed by atoms with Gasteiger partial charge < -0.3 is 19.2 Å². The molecule has 2 aliphatic heterocycles. The van der Waals surface area contributed by atoms with Gasteiger partial charge in [-0.15, -0.1) is 0 Å². The van der Waals surface area contributed by atoms with E-state index in [9.17, 15) is 19.7 Å². The Morgan fingerprint density at radius 3 is 2.20 bits per heavy atom. The number of phenols is 1. The third-order valence-corrected chi connectivity index (χ3v) is 15.4. The van der Waals surface area contributed by atoms with Crippen LogP contribution in [0.5, 0.6) is 5.75 Å². The second-order valence-electron chi connectivity index (χ2n) is 13.7. The predicted octanol–water partition coefficient (Wildman–Crippen LogP) is 5.54. The van der Waals surface area contributed by atoms with E-state index in [1.807, 2.05) is 43.3 Å². The summed E-state index contributed by atoms with van der Waals surface area (Å²) >= 11 is 3.48. The Bertz CT molecular complexity index is 1610. The maximum atomic E-state index is 13.9. The molecule has 7 nitrogen and oxygen atoms in total. The first-order valence-electron chi connectivity index (χ1n) is 16.1. The Labute approximate surface area is 281 Å². The normalized spacial score (nSPS) is 23.5. The summed E-state index contributed by atoms with van der Waals surface area (Å²) in [5.74, 6) is -1.85. The molecule has 2 heterocycles. The highest BCUT2D eigenvalue weighted by atomic mass is 79.9. The molecule has 3 aliphatic rings. The zero-order valence-electron chi connectivity index (χ0n) is 26.8. The Morgan fingerprint density at radius 1 is 0.978 bits per heavy atom. The minimum Gasteiger partial charge on any atom is -0.508 e. The second kappa shape index (κ2) is 12.9. The number of likely N-dealkylation sites (tertiary alicyclic amines) is 1. The molecule has 10 heteroatoms. The summed E-state index contributed by atoms with van der Waals surface area (Å²) in [6.07, 6.45) is 0.680. The third kappa shape index (κ3) is 5.62. The van der Waals surface area contributed by atoms with Gasteiger partial charge in [0.05, 0.1) is 24.5 Å². The first-order chi connectivity index (χ1) is 22.0. The van der Waals surface area contributed by atoms with Crippen molar-refractivity contribution in [2.75, 3.05) is 13.2 Å². The number of benzene rings is 3. The number of hydrogen-bond donors (Lipinski definition) is 2. The van der Waals surface area contributed by atoms with Crippen LogP contribution in [0.4, 0.5) is 0 Å². The number of halogens is 1. The van der Waals surface area contributed by atoms with Gasteiger partial charge in [-0.05, 0) is 69.8 Å². The van der Waals surface area contributed by atoms with Crippen LogP contribution in [0.15, 0.2) is 94.4 Å². The van der Waals surface area contributed by atoms with E-state index >= 15 is 0 Å². The highest BCUT2D eigenvalue weighted by Gasteiger charge is 2.58. The molecule has 2 saturated heterocycles. The summed E-state index contributed by atoms with van der Waals surface area (Å²) in [7, 11) is -4.25. The van der Waals surface area contributed by atoms with Crippen LogP contribution in [0.25, 0.3) is 0 Å². The standard InChI is InChI=1S/C36H41BBrNO6Si/c1-5-18-39-34(41)29-19-23(22-44-46(36(2,3)4,25-12-8-6-9-13-25)26-14-10-7-11-15-26)33-28(32(29)35(39)42)21-31(45-37(33)43)27-20-24(38)16-17-30(27)40/h6-17,20,28-29,31-32,40,43H,5,18-19,21-22H2,1-4H3/t28-,29-,31-,32+/m0/s1. The molecular formula is C36H41BBrNO6Si. The van der Waals surface area contributed by atoms with E-state index in [4.69, 9.17) is 9.08 Å². The summed E-state index contributed by atoms with van der Waals surface area (Å²) in [5, 5.41) is 24.5. The van der Waals surface area contributed by atoms with Crippen LogP contribution in [-0.4, -0.2) is 55.4 Å². The van der Waals surface area contributed by atoms with E-state index in [-0.39, 0.29) is 29.2 Å². The topological polar surface area (TPSA) is 96.3 Å². The fourth-order valence-electron chi connectivity index (χ4n) is 7.99. The number of nitrogens with zero attached hydrogens (tertiary/aromatic N) is 1. The number of carbonyl (C=O) groups excluding carboxylic acids is 2. The average Bonchev–Trinajstić information content (AvgIpc) is 3.27. The quantitative estimate of drug-likeness (QED) is 0.237. The summed E-state index contributed by atoms with van der Waals surface area (Å²) in [6.45, 7) is 9.17. The fourth-order valence-corrected chi connectivity index (χ4v) is 12.9. The number of imide groups is 1. The van der Waals surface area contributed by atoms with Gasteiger partial charge in [-0.1, -0.05) is 104 Å². The van der Waals surface area contributed by atoms with Gasteiger partial charge >= 0.3 is 7.12 Å². The first-order valence-corrected chi connectivity index (χ1v) is 18.8. The van der Waals surface area contributed by atoms with E-state index < -0.39 is 39.3 Å². The Balaban J connectivity index is 1.45. The minimum absolute atomic E-state index is 0.0527. The fraction of sp³-hybridized carbons (Fsp3) is 0.389. The third-order valence-electron chi connectivity index (χ3n) is 9.97. The van der Waals surface area contributed by atoms with Gasteiger partial charge in [0, 0.05) is 16.6 Å².